The summed E-state index contributed by atoms with van der Waals surface area (Å²) >= 11 is 1.43. The number of nitriles is 1. The Hall–Kier alpha value is -4.87. The van der Waals surface area contributed by atoms with E-state index >= 15 is 0 Å². The fourth-order valence-electron chi connectivity index (χ4n) is 4.52. The molecule has 4 amide bonds. The molecular weight excluding hydrogens is 586 g/mol. The lowest BCUT2D eigenvalue weighted by Gasteiger charge is -2.25. The third kappa shape index (κ3) is 9.58. The lowest BCUT2D eigenvalue weighted by atomic mass is 10.0. The Balaban J connectivity index is 1.69. The van der Waals surface area contributed by atoms with Gasteiger partial charge in [0.25, 0.3) is 0 Å². The molecule has 0 bridgehead atoms. The van der Waals surface area contributed by atoms with E-state index in [0.29, 0.717) is 16.9 Å². The third-order valence-corrected chi connectivity index (χ3v) is 7.53. The van der Waals surface area contributed by atoms with Gasteiger partial charge < -0.3 is 37.5 Å². The van der Waals surface area contributed by atoms with Gasteiger partial charge in [0.1, 0.15) is 18.1 Å². The minimum atomic E-state index is -1.57. The maximum atomic E-state index is 13.3. The summed E-state index contributed by atoms with van der Waals surface area (Å²) in [6, 6.07) is 10.9. The Morgan fingerprint density at radius 2 is 1.57 bits per heavy atom. The Morgan fingerprint density at radius 1 is 0.932 bits per heavy atom. The molecule has 3 aromatic rings. The first kappa shape index (κ1) is 33.6. The highest BCUT2D eigenvalue weighted by atomic mass is 32.2. The number of aliphatic carboxylic acids is 1. The van der Waals surface area contributed by atoms with Gasteiger partial charge in [-0.15, -0.1) is 0 Å². The molecule has 0 spiro atoms. The van der Waals surface area contributed by atoms with Crippen molar-refractivity contribution in [1.29, 1.82) is 5.26 Å². The Kier molecular flexibility index (Phi) is 12.3. The van der Waals surface area contributed by atoms with Gasteiger partial charge in [-0.1, -0.05) is 30.3 Å². The summed E-state index contributed by atoms with van der Waals surface area (Å²) in [4.78, 5) is 66.3. The van der Waals surface area contributed by atoms with Crippen molar-refractivity contribution in [2.75, 3.05) is 12.0 Å². The van der Waals surface area contributed by atoms with Gasteiger partial charge in [-0.25, -0.2) is 0 Å². The second-order valence-corrected chi connectivity index (χ2v) is 11.1. The normalized spacial score (nSPS) is 13.6. The topological polar surface area (TPSA) is 233 Å². The minimum absolute atomic E-state index is 0.0265. The van der Waals surface area contributed by atoms with E-state index in [1.165, 1.54) is 23.9 Å². The molecule has 0 aliphatic rings. The number of nitrogens with zero attached hydrogens (tertiary/aromatic N) is 1. The second-order valence-electron chi connectivity index (χ2n) is 10.1. The van der Waals surface area contributed by atoms with Crippen LogP contribution in [0, 0.1) is 11.3 Å². The molecule has 14 heteroatoms. The van der Waals surface area contributed by atoms with Crippen LogP contribution in [0.25, 0.3) is 10.9 Å². The van der Waals surface area contributed by atoms with E-state index in [9.17, 15) is 29.1 Å². The van der Waals surface area contributed by atoms with Crippen LogP contribution in [-0.4, -0.2) is 75.9 Å². The van der Waals surface area contributed by atoms with E-state index in [4.69, 9.17) is 16.7 Å². The molecular formula is C30H35N7O6S. The van der Waals surface area contributed by atoms with Crippen LogP contribution in [0.4, 0.5) is 0 Å². The molecule has 2 aromatic carbocycles. The summed E-state index contributed by atoms with van der Waals surface area (Å²) in [7, 11) is 0. The van der Waals surface area contributed by atoms with Crippen LogP contribution in [0.5, 0.6) is 0 Å². The predicted molar refractivity (Wildman–Crippen MR) is 165 cm³/mol. The number of nitrogens with one attached hydrogen (secondary N) is 4. The van der Waals surface area contributed by atoms with Gasteiger partial charge >= 0.3 is 5.97 Å². The molecule has 0 fully saturated rings. The predicted octanol–water partition coefficient (Wildman–Crippen LogP) is 0.320. The van der Waals surface area contributed by atoms with Crippen LogP contribution in [0.1, 0.15) is 29.5 Å². The highest BCUT2D eigenvalue weighted by Crippen LogP contribution is 2.19. The summed E-state index contributed by atoms with van der Waals surface area (Å²) in [6.45, 7) is 0. The van der Waals surface area contributed by atoms with E-state index in [1.807, 2.05) is 36.6 Å². The van der Waals surface area contributed by atoms with Crippen LogP contribution in [0.3, 0.4) is 0 Å². The SMILES string of the molecule is CSCC[C@H](NC(=O)[C@H](N)Cc1c[nH]c2ccccc12)C(=O)N[C@@H](CC(=O)O)C(=O)N[C@@H](Cc1ccc(C#N)cc1)C(N)=O. The first-order chi connectivity index (χ1) is 21.0. The average Bonchev–Trinajstić information content (AvgIpc) is 3.40. The fraction of sp³-hybridized carbons (Fsp3) is 0.333. The Morgan fingerprint density at radius 3 is 2.20 bits per heavy atom. The highest BCUT2D eigenvalue weighted by Gasteiger charge is 2.31. The van der Waals surface area contributed by atoms with E-state index < -0.39 is 60.2 Å². The van der Waals surface area contributed by atoms with Gasteiger partial charge in [-0.2, -0.15) is 17.0 Å². The first-order valence-electron chi connectivity index (χ1n) is 13.7. The number of carbonyl (C=O) groups excluding carboxylic acids is 4. The monoisotopic (exact) mass is 621 g/mol. The van der Waals surface area contributed by atoms with E-state index in [2.05, 4.69) is 20.9 Å². The number of primary amides is 1. The molecule has 3 rings (SSSR count). The molecule has 232 valence electrons. The summed E-state index contributed by atoms with van der Waals surface area (Å²) in [6.07, 6.45) is 3.15. The van der Waals surface area contributed by atoms with Crippen molar-refractivity contribution >= 4 is 52.3 Å². The molecule has 1 heterocycles. The van der Waals surface area contributed by atoms with Crippen molar-refractivity contribution in [1.82, 2.24) is 20.9 Å². The van der Waals surface area contributed by atoms with Crippen LogP contribution in [0.2, 0.25) is 0 Å². The number of H-pyrrole nitrogens is 1. The second kappa shape index (κ2) is 16.1. The van der Waals surface area contributed by atoms with Gasteiger partial charge in [-0.3, -0.25) is 24.0 Å². The molecule has 4 atom stereocenters. The summed E-state index contributed by atoms with van der Waals surface area (Å²) in [5.74, 6) is -4.09. The lowest BCUT2D eigenvalue weighted by Crippen LogP contribution is -2.58. The molecule has 0 saturated carbocycles. The fourth-order valence-corrected chi connectivity index (χ4v) is 4.99. The quantitative estimate of drug-likeness (QED) is 0.116. The Bertz CT molecular complexity index is 1530. The highest BCUT2D eigenvalue weighted by molar-refractivity contribution is 7.98. The van der Waals surface area contributed by atoms with Crippen LogP contribution < -0.4 is 27.4 Å². The standard InChI is InChI=1S/C30H35N7O6S/c1-44-11-10-23(35-28(41)21(32)13-19-16-34-22-5-3-2-4-20(19)22)29(42)37-25(14-26(38)39)30(43)36-24(27(33)40)12-17-6-8-18(15-31)9-7-17/h2-9,16,21,23-25,34H,10-14,32H2,1H3,(H2,33,40)(H,35,41)(H,36,43)(H,37,42)(H,38,39)/t21-,23+,24+,25+/m1/s1. The smallest absolute Gasteiger partial charge is 0.305 e. The maximum Gasteiger partial charge on any atom is 0.305 e. The zero-order valence-corrected chi connectivity index (χ0v) is 24.9. The number of amides is 4. The number of aromatic nitrogens is 1. The van der Waals surface area contributed by atoms with Crippen molar-refractivity contribution in [3.63, 3.8) is 0 Å². The van der Waals surface area contributed by atoms with Crippen LogP contribution >= 0.6 is 11.8 Å². The average molecular weight is 622 g/mol. The maximum absolute atomic E-state index is 13.3. The molecule has 0 aliphatic carbocycles. The molecule has 13 nitrogen and oxygen atoms in total. The van der Waals surface area contributed by atoms with Gasteiger partial charge in [-0.05, 0) is 54.2 Å². The van der Waals surface area contributed by atoms with Gasteiger partial charge in [0.2, 0.25) is 23.6 Å². The molecule has 0 saturated heterocycles. The molecule has 9 N–H and O–H groups in total. The number of benzene rings is 2. The number of para-hydroxylation sites is 1. The minimum Gasteiger partial charge on any atom is -0.481 e. The van der Waals surface area contributed by atoms with Crippen LogP contribution in [-0.2, 0) is 36.8 Å². The first-order valence-corrected chi connectivity index (χ1v) is 15.1. The van der Waals surface area contributed by atoms with Crippen molar-refractivity contribution in [2.45, 2.75) is 49.9 Å². The van der Waals surface area contributed by atoms with Crippen molar-refractivity contribution in [2.24, 2.45) is 11.5 Å². The molecule has 0 aliphatic heterocycles. The largest absolute Gasteiger partial charge is 0.481 e. The van der Waals surface area contributed by atoms with E-state index in [-0.39, 0.29) is 19.3 Å². The number of carbonyl (C=O) groups is 5. The van der Waals surface area contributed by atoms with Gasteiger partial charge in [0, 0.05) is 23.5 Å². The van der Waals surface area contributed by atoms with E-state index in [1.54, 1.807) is 18.3 Å². The number of aromatic amines is 1. The van der Waals surface area contributed by atoms with Crippen molar-refractivity contribution < 1.29 is 29.1 Å². The van der Waals surface area contributed by atoms with Crippen LogP contribution in [0.15, 0.2) is 54.7 Å². The van der Waals surface area contributed by atoms with Crippen molar-refractivity contribution in [3.05, 3.63) is 71.4 Å². The number of carboxylic acid groups (broad SMARTS) is 1. The number of nitrogens with two attached hydrogens (primary N) is 2. The summed E-state index contributed by atoms with van der Waals surface area (Å²) in [5.41, 5.74) is 14.4. The number of thioether (sulfide) groups is 1. The summed E-state index contributed by atoms with van der Waals surface area (Å²) < 4.78 is 0. The van der Waals surface area contributed by atoms with Crippen molar-refractivity contribution in [3.8, 4) is 6.07 Å². The molecule has 44 heavy (non-hydrogen) atoms. The number of hydrogen-bond acceptors (Lipinski definition) is 8. The van der Waals surface area contributed by atoms with Gasteiger partial charge in [0.15, 0.2) is 0 Å². The molecule has 0 unspecified atom stereocenters. The number of rotatable bonds is 16. The lowest BCUT2D eigenvalue weighted by molar-refractivity contribution is -0.141. The zero-order chi connectivity index (χ0) is 32.2. The number of hydrogen-bond donors (Lipinski definition) is 7. The van der Waals surface area contributed by atoms with E-state index in [0.717, 1.165) is 16.5 Å². The third-order valence-electron chi connectivity index (χ3n) is 6.89. The summed E-state index contributed by atoms with van der Waals surface area (Å²) in [5, 5.41) is 26.8. The number of carboxylic acids is 1. The number of fused-ring (bicyclic) bond motifs is 1. The zero-order valence-electron chi connectivity index (χ0n) is 24.0. The molecule has 0 radical (unpaired) electrons. The molecule has 1 aromatic heterocycles. The van der Waals surface area contributed by atoms with Gasteiger partial charge in [0.05, 0.1) is 24.1 Å². The Labute approximate surface area is 258 Å².